The predicted molar refractivity (Wildman–Crippen MR) is 131 cm³/mol. The Labute approximate surface area is 195 Å². The number of carbonyl (C=O) groups is 1. The fourth-order valence-corrected chi connectivity index (χ4v) is 4.21. The number of ether oxygens (including phenoxy) is 1. The number of fused-ring (bicyclic) bond motifs is 1. The van der Waals surface area contributed by atoms with Gasteiger partial charge in [-0.15, -0.1) is 0 Å². The van der Waals surface area contributed by atoms with Crippen molar-refractivity contribution in [2.75, 3.05) is 18.5 Å². The number of hydrogen-bond acceptors (Lipinski definition) is 5. The van der Waals surface area contributed by atoms with Crippen LogP contribution in [-0.2, 0) is 17.9 Å². The second-order valence-corrected chi connectivity index (χ2v) is 8.59. The van der Waals surface area contributed by atoms with Crippen LogP contribution >= 0.6 is 0 Å². The summed E-state index contributed by atoms with van der Waals surface area (Å²) >= 11 is 0. The van der Waals surface area contributed by atoms with Crippen LogP contribution in [0.15, 0.2) is 72.8 Å². The van der Waals surface area contributed by atoms with Gasteiger partial charge in [0.2, 0.25) is 0 Å². The first-order valence-electron chi connectivity index (χ1n) is 11.3. The summed E-state index contributed by atoms with van der Waals surface area (Å²) in [5.41, 5.74) is 12.6. The Balaban J connectivity index is 1.41. The Morgan fingerprint density at radius 2 is 1.79 bits per heavy atom. The number of anilines is 1. The van der Waals surface area contributed by atoms with Crippen molar-refractivity contribution in [1.29, 1.82) is 0 Å². The zero-order valence-corrected chi connectivity index (χ0v) is 19.1. The third-order valence-electron chi connectivity index (χ3n) is 6.09. The summed E-state index contributed by atoms with van der Waals surface area (Å²) in [7, 11) is 1.74. The molecule has 3 aromatic carbocycles. The summed E-state index contributed by atoms with van der Waals surface area (Å²) in [6.07, 6.45) is -0.0838. The number of rotatable bonds is 6. The molecule has 1 aliphatic heterocycles. The summed E-state index contributed by atoms with van der Waals surface area (Å²) in [6, 6.07) is 24.0. The molecule has 0 aliphatic carbocycles. The fourth-order valence-electron chi connectivity index (χ4n) is 4.21. The number of hydrogen-bond donors (Lipinski definition) is 2. The summed E-state index contributed by atoms with van der Waals surface area (Å²) in [5.74, 6) is 0. The topological polar surface area (TPSA) is 79.0 Å². The maximum Gasteiger partial charge on any atom is 0.410 e. The first-order chi connectivity index (χ1) is 15.9. The molecule has 3 aromatic rings. The maximum atomic E-state index is 12.3. The number of amides is 1. The lowest BCUT2D eigenvalue weighted by Crippen LogP contribution is -2.39. The first kappa shape index (κ1) is 22.8. The van der Waals surface area contributed by atoms with Crippen molar-refractivity contribution in [1.82, 2.24) is 4.90 Å². The van der Waals surface area contributed by atoms with Crippen LogP contribution in [0.4, 0.5) is 10.5 Å². The molecule has 3 N–H and O–H groups in total. The van der Waals surface area contributed by atoms with Crippen molar-refractivity contribution in [3.8, 4) is 11.1 Å². The number of aliphatic hydroxyl groups excluding tert-OH is 1. The SMILES string of the molecule is CC(O)N1CCC(N)c2cc(-c3ccc(CN(C)C(=O)OCc4ccccc4)cc3)ccc21. The van der Waals surface area contributed by atoms with E-state index in [2.05, 4.69) is 24.3 Å². The highest BCUT2D eigenvalue weighted by Gasteiger charge is 2.25. The summed E-state index contributed by atoms with van der Waals surface area (Å²) in [4.78, 5) is 15.9. The predicted octanol–water partition coefficient (Wildman–Crippen LogP) is 4.67. The van der Waals surface area contributed by atoms with Crippen LogP contribution in [-0.4, -0.2) is 35.9 Å². The van der Waals surface area contributed by atoms with Crippen LogP contribution in [0.3, 0.4) is 0 Å². The van der Waals surface area contributed by atoms with Crippen molar-refractivity contribution in [3.05, 3.63) is 89.5 Å². The van der Waals surface area contributed by atoms with E-state index in [0.717, 1.165) is 46.5 Å². The van der Waals surface area contributed by atoms with Gasteiger partial charge in [-0.3, -0.25) is 0 Å². The zero-order chi connectivity index (χ0) is 23.4. The van der Waals surface area contributed by atoms with Crippen LogP contribution < -0.4 is 10.6 Å². The molecule has 0 spiro atoms. The molecule has 6 heteroatoms. The molecular formula is C27H31N3O3. The van der Waals surface area contributed by atoms with Crippen LogP contribution in [0.25, 0.3) is 11.1 Å². The second kappa shape index (κ2) is 10.1. The van der Waals surface area contributed by atoms with Gasteiger partial charge in [-0.25, -0.2) is 4.79 Å². The number of benzene rings is 3. The highest BCUT2D eigenvalue weighted by atomic mass is 16.6. The maximum absolute atomic E-state index is 12.3. The molecule has 33 heavy (non-hydrogen) atoms. The van der Waals surface area contributed by atoms with Gasteiger partial charge in [0.1, 0.15) is 12.8 Å². The van der Waals surface area contributed by atoms with E-state index in [0.29, 0.717) is 6.54 Å². The lowest BCUT2D eigenvalue weighted by Gasteiger charge is -2.36. The van der Waals surface area contributed by atoms with Crippen molar-refractivity contribution in [3.63, 3.8) is 0 Å². The number of nitrogens with two attached hydrogens (primary N) is 1. The van der Waals surface area contributed by atoms with Gasteiger partial charge in [-0.05, 0) is 53.3 Å². The molecule has 172 valence electrons. The molecular weight excluding hydrogens is 414 g/mol. The minimum absolute atomic E-state index is 0.0372. The monoisotopic (exact) mass is 445 g/mol. The van der Waals surface area contributed by atoms with E-state index in [9.17, 15) is 9.90 Å². The molecule has 6 nitrogen and oxygen atoms in total. The molecule has 2 atom stereocenters. The average molecular weight is 446 g/mol. The van der Waals surface area contributed by atoms with Gasteiger partial charge < -0.3 is 25.4 Å². The van der Waals surface area contributed by atoms with Crippen LogP contribution in [0.2, 0.25) is 0 Å². The summed E-state index contributed by atoms with van der Waals surface area (Å²) in [5, 5.41) is 10.1. The number of carbonyl (C=O) groups excluding carboxylic acids is 1. The fraction of sp³-hybridized carbons (Fsp3) is 0.296. The van der Waals surface area contributed by atoms with Crippen LogP contribution in [0, 0.1) is 0 Å². The molecule has 0 bridgehead atoms. The number of aliphatic hydroxyl groups is 1. The quantitative estimate of drug-likeness (QED) is 0.576. The van der Waals surface area contributed by atoms with Gasteiger partial charge in [-0.2, -0.15) is 0 Å². The van der Waals surface area contributed by atoms with Gasteiger partial charge >= 0.3 is 6.09 Å². The largest absolute Gasteiger partial charge is 0.445 e. The Bertz CT molecular complexity index is 1080. The van der Waals surface area contributed by atoms with E-state index in [1.807, 2.05) is 53.4 Å². The molecule has 1 amide bonds. The third kappa shape index (κ3) is 5.35. The van der Waals surface area contributed by atoms with Crippen molar-refractivity contribution in [2.24, 2.45) is 5.73 Å². The third-order valence-corrected chi connectivity index (χ3v) is 6.09. The minimum atomic E-state index is -0.544. The average Bonchev–Trinajstić information content (AvgIpc) is 2.83. The molecule has 0 radical (unpaired) electrons. The molecule has 0 fully saturated rings. The highest BCUT2D eigenvalue weighted by molar-refractivity contribution is 5.71. The highest BCUT2D eigenvalue weighted by Crippen LogP contribution is 2.36. The standard InChI is InChI=1S/C27H31N3O3/c1-19(31)30-15-14-25(28)24-16-23(12-13-26(24)30)22-10-8-20(9-11-22)17-29(2)27(32)33-18-21-6-4-3-5-7-21/h3-13,16,19,25,31H,14-15,17-18,28H2,1-2H3. The molecule has 0 saturated carbocycles. The van der Waals surface area contributed by atoms with Crippen molar-refractivity contribution >= 4 is 11.8 Å². The summed E-state index contributed by atoms with van der Waals surface area (Å²) < 4.78 is 5.40. The molecule has 2 unspecified atom stereocenters. The molecule has 0 saturated heterocycles. The zero-order valence-electron chi connectivity index (χ0n) is 19.1. The smallest absolute Gasteiger partial charge is 0.410 e. The Morgan fingerprint density at radius 3 is 2.48 bits per heavy atom. The normalized spacial score (nSPS) is 16.1. The molecule has 1 heterocycles. The summed E-state index contributed by atoms with van der Waals surface area (Å²) in [6.45, 7) is 3.26. The molecule has 1 aliphatic rings. The second-order valence-electron chi connectivity index (χ2n) is 8.59. The van der Waals surface area contributed by atoms with Crippen LogP contribution in [0.5, 0.6) is 0 Å². The van der Waals surface area contributed by atoms with E-state index in [-0.39, 0.29) is 18.7 Å². The van der Waals surface area contributed by atoms with Gasteiger partial charge in [-0.1, -0.05) is 60.7 Å². The Kier molecular flexibility index (Phi) is 6.96. The Hall–Kier alpha value is -3.35. The van der Waals surface area contributed by atoms with E-state index in [4.69, 9.17) is 10.5 Å². The van der Waals surface area contributed by atoms with Gasteiger partial charge in [0.25, 0.3) is 0 Å². The van der Waals surface area contributed by atoms with Gasteiger partial charge in [0, 0.05) is 31.9 Å². The first-order valence-corrected chi connectivity index (χ1v) is 11.3. The van der Waals surface area contributed by atoms with Crippen LogP contribution in [0.1, 0.15) is 36.1 Å². The number of nitrogens with zero attached hydrogens (tertiary/aromatic N) is 2. The van der Waals surface area contributed by atoms with Gasteiger partial charge in [0.05, 0.1) is 0 Å². The minimum Gasteiger partial charge on any atom is -0.445 e. The van der Waals surface area contributed by atoms with E-state index < -0.39 is 6.23 Å². The van der Waals surface area contributed by atoms with E-state index in [1.54, 1.807) is 18.9 Å². The lowest BCUT2D eigenvalue weighted by atomic mass is 9.92. The lowest BCUT2D eigenvalue weighted by molar-refractivity contribution is 0.103. The van der Waals surface area contributed by atoms with Crippen molar-refractivity contribution in [2.45, 2.75) is 38.8 Å². The van der Waals surface area contributed by atoms with Gasteiger partial charge in [0.15, 0.2) is 0 Å². The van der Waals surface area contributed by atoms with Crippen molar-refractivity contribution < 1.29 is 14.6 Å². The molecule has 0 aromatic heterocycles. The molecule has 4 rings (SSSR count). The van der Waals surface area contributed by atoms with E-state index in [1.165, 1.54) is 0 Å². The van der Waals surface area contributed by atoms with E-state index >= 15 is 0 Å². The Morgan fingerprint density at radius 1 is 1.09 bits per heavy atom.